The van der Waals surface area contributed by atoms with Crippen LogP contribution in [0.2, 0.25) is 0 Å². The van der Waals surface area contributed by atoms with Crippen LogP contribution in [-0.4, -0.2) is 63.8 Å². The van der Waals surface area contributed by atoms with Crippen molar-refractivity contribution in [2.24, 2.45) is 5.73 Å². The molecule has 4 heterocycles. The van der Waals surface area contributed by atoms with E-state index in [0.717, 1.165) is 70.2 Å². The zero-order chi connectivity index (χ0) is 38.9. The number of alkyl halides is 1. The third-order valence-electron chi connectivity index (χ3n) is 7.87. The van der Waals surface area contributed by atoms with Crippen LogP contribution in [0.15, 0.2) is 103 Å². The average molecular weight is 870 g/mol. The Balaban J connectivity index is 0.000000766. The Bertz CT molecular complexity index is 2060. The van der Waals surface area contributed by atoms with Gasteiger partial charge in [-0.15, -0.1) is 24.0 Å². The molecule has 4 aromatic carbocycles. The van der Waals surface area contributed by atoms with Crippen LogP contribution >= 0.6 is 24.0 Å². The number of aliphatic hydroxyl groups is 1. The van der Waals surface area contributed by atoms with Crippen molar-refractivity contribution in [1.29, 1.82) is 5.41 Å². The van der Waals surface area contributed by atoms with Gasteiger partial charge in [0, 0.05) is 41.1 Å². The average Bonchev–Trinajstić information content (AvgIpc) is 4.02. The normalized spacial score (nSPS) is 13.6. The maximum Gasteiger partial charge on any atom is 1.00 e. The Labute approximate surface area is 427 Å². The number of benzene rings is 4. The minimum atomic E-state index is -0.454. The van der Waals surface area contributed by atoms with Crippen molar-refractivity contribution >= 4 is 65.3 Å². The number of amidine groups is 1. The van der Waals surface area contributed by atoms with Gasteiger partial charge in [-0.2, -0.15) is 0 Å². The van der Waals surface area contributed by atoms with Crippen molar-refractivity contribution in [2.45, 2.75) is 32.0 Å². The number of rotatable bonds is 6. The molecule has 8 rings (SSSR count). The number of carbonyl (C=O) groups is 4. The number of amides is 2. The fraction of sp³-hybridized carbons (Fsp3) is 0.179. The number of nitrogen functional groups attached to an aromatic ring is 1. The van der Waals surface area contributed by atoms with Gasteiger partial charge in [-0.25, -0.2) is 4.98 Å². The summed E-state index contributed by atoms with van der Waals surface area (Å²) in [6.45, 7) is 0.557. The summed E-state index contributed by atoms with van der Waals surface area (Å²) in [5, 5.41) is 29.5. The molecule has 290 valence electrons. The summed E-state index contributed by atoms with van der Waals surface area (Å²) in [7, 11) is 0. The van der Waals surface area contributed by atoms with Crippen molar-refractivity contribution in [3.8, 4) is 22.6 Å². The number of H-pyrrole nitrogens is 1. The zero-order valence-corrected chi connectivity index (χ0v) is 39.1. The molecule has 1 fully saturated rings. The maximum atomic E-state index is 11.4. The van der Waals surface area contributed by atoms with Crippen molar-refractivity contribution in [3.05, 3.63) is 126 Å². The minimum Gasteiger partial charge on any atom is -1.00 e. The summed E-state index contributed by atoms with van der Waals surface area (Å²) in [4.78, 5) is 52.7. The standard InChI is InChI=1S/C17H13N3O.C10H8ClNO2.C7H8N2.C4H8O2.CH2O3.ClH.2K.H/c21-16-9-13-8-12(6-7-14(13)19-16)15-10-18-17(20-15)11-4-2-1-3-5-11;11-5-9(13)6-1-2-8-7(3-6)4-10(14)12-8;8-7(9)6-4-2-1-3-5-6;5-4-2-1-3-6-4;2-1-4-3;;;;/h1-8,10H,9H2,(H,18,20)(H,19,21);1-3H,4-5H2,(H,12,14);1-5H,(H3,8,9);4-5H,1-3H2;1,3H;1H;;;/q;;;;;;2*+1;-1/p-1. The van der Waals surface area contributed by atoms with Gasteiger partial charge in [-0.3, -0.25) is 24.6 Å². The first-order chi connectivity index (χ1) is 26.1. The first-order valence-corrected chi connectivity index (χ1v) is 17.1. The molecule has 1 atom stereocenters. The van der Waals surface area contributed by atoms with Crippen LogP contribution in [0, 0.1) is 5.41 Å². The molecule has 3 aliphatic rings. The Hall–Kier alpha value is -2.63. The number of nitrogens with one attached hydrogen (secondary N) is 4. The van der Waals surface area contributed by atoms with Gasteiger partial charge < -0.3 is 42.8 Å². The van der Waals surface area contributed by atoms with E-state index in [1.807, 2.05) is 85.1 Å². The predicted octanol–water partition coefficient (Wildman–Crippen LogP) is -1.10. The summed E-state index contributed by atoms with van der Waals surface area (Å²) < 4.78 is 4.71. The van der Waals surface area contributed by atoms with E-state index in [9.17, 15) is 14.4 Å². The zero-order valence-electron chi connectivity index (χ0n) is 32.3. The summed E-state index contributed by atoms with van der Waals surface area (Å²) in [5.74, 6) is 0.845. The molecule has 5 aromatic rings. The Morgan fingerprint density at radius 2 is 1.49 bits per heavy atom. The number of fused-ring (bicyclic) bond motifs is 2. The molecule has 0 bridgehead atoms. The maximum absolute atomic E-state index is 11.4. The van der Waals surface area contributed by atoms with E-state index < -0.39 is 6.29 Å². The predicted molar refractivity (Wildman–Crippen MR) is 210 cm³/mol. The van der Waals surface area contributed by atoms with Crippen LogP contribution in [0.25, 0.3) is 22.6 Å². The number of nitrogens with two attached hydrogens (primary N) is 1. The van der Waals surface area contributed by atoms with Gasteiger partial charge in [0.1, 0.15) is 11.7 Å². The number of aromatic nitrogens is 2. The molecule has 2 amide bonds. The number of aromatic amines is 1. The van der Waals surface area contributed by atoms with Crippen molar-refractivity contribution < 1.29 is 143 Å². The Morgan fingerprint density at radius 1 is 0.930 bits per heavy atom. The first kappa shape index (κ1) is 52.4. The van der Waals surface area contributed by atoms with Gasteiger partial charge >= 0.3 is 103 Å². The monoisotopic (exact) mass is 868 g/mol. The number of imidazole rings is 1. The molecule has 14 nitrogen and oxygen atoms in total. The molecule has 7 N–H and O–H groups in total. The molecule has 0 saturated carbocycles. The van der Waals surface area contributed by atoms with Crippen molar-refractivity contribution in [3.63, 3.8) is 0 Å². The van der Waals surface area contributed by atoms with Gasteiger partial charge in [0.25, 0.3) is 6.47 Å². The van der Waals surface area contributed by atoms with Gasteiger partial charge in [0.2, 0.25) is 11.8 Å². The van der Waals surface area contributed by atoms with E-state index in [4.69, 9.17) is 42.6 Å². The number of aliphatic hydroxyl groups excluding tert-OH is 1. The number of carbonyl (C=O) groups excluding carboxylic acids is 4. The second-order valence-electron chi connectivity index (χ2n) is 11.7. The van der Waals surface area contributed by atoms with Crippen LogP contribution in [0.5, 0.6) is 0 Å². The number of ketones is 1. The van der Waals surface area contributed by atoms with E-state index in [1.165, 1.54) is 0 Å². The molecule has 57 heavy (non-hydrogen) atoms. The van der Waals surface area contributed by atoms with Crippen LogP contribution < -0.4 is 124 Å². The van der Waals surface area contributed by atoms with Crippen LogP contribution in [0.4, 0.5) is 11.4 Å². The van der Waals surface area contributed by atoms with E-state index in [2.05, 4.69) is 25.5 Å². The number of halogens is 2. The number of hydrogen-bond acceptors (Lipinski definition) is 10. The smallest absolute Gasteiger partial charge is 1.00 e. The molecular formula is C39H40Cl2K2N6O8. The van der Waals surface area contributed by atoms with Crippen LogP contribution in [-0.2, 0) is 36.8 Å². The fourth-order valence-electron chi connectivity index (χ4n) is 5.27. The van der Waals surface area contributed by atoms with Crippen LogP contribution in [0.1, 0.15) is 41.3 Å². The van der Waals surface area contributed by atoms with Gasteiger partial charge in [0.05, 0.1) is 30.6 Å². The summed E-state index contributed by atoms with van der Waals surface area (Å²) in [5.41, 5.74) is 13.2. The number of anilines is 2. The molecule has 0 radical (unpaired) electrons. The number of Topliss-reactive ketones (excluding diaryl/α,β-unsaturated/α-hetero) is 1. The van der Waals surface area contributed by atoms with E-state index in [-0.39, 0.29) is 152 Å². The van der Waals surface area contributed by atoms with Gasteiger partial charge in [-0.1, -0.05) is 66.7 Å². The van der Waals surface area contributed by atoms with E-state index in [0.29, 0.717) is 18.4 Å². The Kier molecular flexibility index (Phi) is 25.7. The second-order valence-corrected chi connectivity index (χ2v) is 12.0. The van der Waals surface area contributed by atoms with E-state index >= 15 is 0 Å². The Morgan fingerprint density at radius 3 is 1.96 bits per heavy atom. The van der Waals surface area contributed by atoms with Crippen LogP contribution in [0.3, 0.4) is 0 Å². The number of nitrogens with zero attached hydrogens (tertiary/aromatic N) is 1. The molecular weight excluding hydrogens is 830 g/mol. The molecule has 0 spiro atoms. The third-order valence-corrected chi connectivity index (χ3v) is 8.11. The quantitative estimate of drug-likeness (QED) is 0.0176. The molecule has 1 aromatic heterocycles. The van der Waals surface area contributed by atoms with Crippen molar-refractivity contribution in [1.82, 2.24) is 9.97 Å². The molecule has 1 saturated heterocycles. The topological polar surface area (TPSA) is 233 Å². The summed E-state index contributed by atoms with van der Waals surface area (Å²) >= 11 is 5.43. The molecule has 1 unspecified atom stereocenters. The SMILES string of the molecule is Cl.N=C(N)c1ccccc1.O=C1Cc2cc(-c3cnc(-c4ccccc4)[nH]3)ccc2N1.O=C1Cc2cc(C(=O)CCl)ccc2N1.O=CO[O-].OC1CCCO1.[H-].[K+].[K+]. The number of ether oxygens (including phenoxy) is 1. The molecule has 0 aliphatic carbocycles. The third kappa shape index (κ3) is 17.2. The van der Waals surface area contributed by atoms with Gasteiger partial charge in [-0.05, 0) is 53.4 Å². The minimum absolute atomic E-state index is 0. The van der Waals surface area contributed by atoms with Gasteiger partial charge in [0.15, 0.2) is 12.1 Å². The summed E-state index contributed by atoms with van der Waals surface area (Å²) in [6, 6.07) is 30.3. The molecule has 3 aliphatic heterocycles. The van der Waals surface area contributed by atoms with E-state index in [1.54, 1.807) is 18.2 Å². The first-order valence-electron chi connectivity index (χ1n) is 16.6. The second kappa shape index (κ2) is 27.9. The fourth-order valence-corrected chi connectivity index (χ4v) is 5.42. The van der Waals surface area contributed by atoms with Crippen molar-refractivity contribution in [2.75, 3.05) is 23.1 Å². The number of hydrogen-bond donors (Lipinski definition) is 6. The summed E-state index contributed by atoms with van der Waals surface area (Å²) in [6.07, 6.45) is 4.00. The largest absolute Gasteiger partial charge is 1.00 e. The molecule has 18 heteroatoms.